The Balaban J connectivity index is 0.000000406. The van der Waals surface area contributed by atoms with Crippen LogP contribution in [0.4, 0.5) is 13.2 Å². The Bertz CT molecular complexity index is 1000. The fourth-order valence-corrected chi connectivity index (χ4v) is 4.42. The zero-order valence-corrected chi connectivity index (χ0v) is 19.0. The van der Waals surface area contributed by atoms with Gasteiger partial charge in [0.2, 0.25) is 0 Å². The number of carboxylic acid groups (broad SMARTS) is 1. The van der Waals surface area contributed by atoms with E-state index >= 15 is 0 Å². The molecule has 1 N–H and O–H groups in total. The lowest BCUT2D eigenvalue weighted by atomic mass is 9.77. The van der Waals surface area contributed by atoms with E-state index in [0.717, 1.165) is 50.3 Å². The summed E-state index contributed by atoms with van der Waals surface area (Å²) in [5, 5.41) is 9.43. The van der Waals surface area contributed by atoms with E-state index in [1.165, 1.54) is 18.2 Å². The summed E-state index contributed by atoms with van der Waals surface area (Å²) < 4.78 is 42.8. The molecule has 4 rings (SSSR count). The van der Waals surface area contributed by atoms with Crippen LogP contribution in [-0.4, -0.2) is 85.0 Å². The lowest BCUT2D eigenvalue weighted by Crippen LogP contribution is -2.68. The second kappa shape index (κ2) is 11.1. The Morgan fingerprint density at radius 2 is 1.79 bits per heavy atom. The fraction of sp³-hybridized carbons (Fsp3) is 0.500. The van der Waals surface area contributed by atoms with Crippen LogP contribution in [0.1, 0.15) is 19.3 Å². The van der Waals surface area contributed by atoms with Crippen LogP contribution in [0, 0.1) is 0 Å². The molecule has 2 fully saturated rings. The molecule has 186 valence electrons. The van der Waals surface area contributed by atoms with Crippen molar-refractivity contribution in [1.29, 1.82) is 0 Å². The first kappa shape index (κ1) is 25.8. The third-order valence-corrected chi connectivity index (χ3v) is 6.32. The first-order valence-electron chi connectivity index (χ1n) is 11.1. The number of hydrogen-bond donors (Lipinski definition) is 1. The number of benzene rings is 2. The predicted molar refractivity (Wildman–Crippen MR) is 120 cm³/mol. The molecule has 1 spiro atoms. The Morgan fingerprint density at radius 1 is 1.09 bits per heavy atom. The Hall–Kier alpha value is -2.85. The fourth-order valence-electron chi connectivity index (χ4n) is 4.42. The Labute approximate surface area is 196 Å². The minimum atomic E-state index is -5.08. The van der Waals surface area contributed by atoms with Crippen molar-refractivity contribution in [2.24, 2.45) is 0 Å². The highest BCUT2D eigenvalue weighted by Crippen LogP contribution is 2.38. The van der Waals surface area contributed by atoms with Gasteiger partial charge in [-0.1, -0.05) is 30.3 Å². The van der Waals surface area contributed by atoms with Crippen molar-refractivity contribution < 1.29 is 37.3 Å². The van der Waals surface area contributed by atoms with Gasteiger partial charge >= 0.3 is 12.1 Å². The summed E-state index contributed by atoms with van der Waals surface area (Å²) in [7, 11) is 1.74. The predicted octanol–water partition coefficient (Wildman–Crippen LogP) is 3.57. The molecule has 0 bridgehead atoms. The number of halogens is 3. The van der Waals surface area contributed by atoms with Crippen LogP contribution in [0.25, 0.3) is 10.8 Å². The molecule has 2 aromatic carbocycles. The third-order valence-electron chi connectivity index (χ3n) is 6.32. The topological polar surface area (TPSA) is 79.3 Å². The number of carbonyl (C=O) groups is 2. The van der Waals surface area contributed by atoms with Gasteiger partial charge in [-0.3, -0.25) is 9.69 Å². The molecule has 10 heteroatoms. The molecule has 1 amide bonds. The van der Waals surface area contributed by atoms with Gasteiger partial charge in [0.1, 0.15) is 5.75 Å². The van der Waals surface area contributed by atoms with Crippen LogP contribution in [0.2, 0.25) is 0 Å². The van der Waals surface area contributed by atoms with Crippen molar-refractivity contribution in [2.75, 3.05) is 46.5 Å². The number of amides is 1. The number of likely N-dealkylation sites (tertiary alicyclic amines) is 2. The molecular weight excluding hydrogens is 453 g/mol. The maximum absolute atomic E-state index is 12.7. The number of piperidine rings is 1. The van der Waals surface area contributed by atoms with Gasteiger partial charge in [-0.2, -0.15) is 13.2 Å². The summed E-state index contributed by atoms with van der Waals surface area (Å²) in [5.74, 6) is -1.92. The van der Waals surface area contributed by atoms with Crippen LogP contribution >= 0.6 is 0 Å². The van der Waals surface area contributed by atoms with Gasteiger partial charge in [0.05, 0.1) is 6.61 Å². The van der Waals surface area contributed by atoms with Crippen LogP contribution in [0.5, 0.6) is 5.75 Å². The molecular formula is C24H29F3N2O5. The van der Waals surface area contributed by atoms with Gasteiger partial charge in [0, 0.05) is 38.8 Å². The van der Waals surface area contributed by atoms with E-state index in [-0.39, 0.29) is 18.1 Å². The van der Waals surface area contributed by atoms with E-state index in [1.807, 2.05) is 35.2 Å². The number of methoxy groups -OCH3 is 1. The number of hydrogen-bond acceptors (Lipinski definition) is 5. The number of fused-ring (bicyclic) bond motifs is 1. The summed E-state index contributed by atoms with van der Waals surface area (Å²) in [4.78, 5) is 26.1. The monoisotopic (exact) mass is 482 g/mol. The van der Waals surface area contributed by atoms with E-state index < -0.39 is 12.1 Å². The lowest BCUT2D eigenvalue weighted by molar-refractivity contribution is -0.192. The van der Waals surface area contributed by atoms with Crippen LogP contribution in [0.15, 0.2) is 42.5 Å². The van der Waals surface area contributed by atoms with Crippen molar-refractivity contribution in [3.63, 3.8) is 0 Å². The zero-order valence-electron chi connectivity index (χ0n) is 19.0. The molecule has 2 heterocycles. The maximum atomic E-state index is 12.7. The van der Waals surface area contributed by atoms with Crippen molar-refractivity contribution in [1.82, 2.24) is 9.80 Å². The van der Waals surface area contributed by atoms with Gasteiger partial charge in [-0.05, 0) is 42.2 Å². The average molecular weight is 482 g/mol. The largest absolute Gasteiger partial charge is 0.490 e. The smallest absolute Gasteiger partial charge is 0.484 e. The number of rotatable bonds is 6. The number of aliphatic carboxylic acids is 1. The average Bonchev–Trinajstić information content (AvgIpc) is 2.82. The lowest BCUT2D eigenvalue weighted by Gasteiger charge is -2.57. The van der Waals surface area contributed by atoms with Crippen LogP contribution < -0.4 is 4.74 Å². The molecule has 1 atom stereocenters. The molecule has 2 saturated heterocycles. The number of carboxylic acids is 1. The quantitative estimate of drug-likeness (QED) is 0.678. The molecule has 2 aromatic rings. The molecule has 0 radical (unpaired) electrons. The number of alkyl halides is 3. The normalized spacial score (nSPS) is 20.4. The first-order valence-corrected chi connectivity index (χ1v) is 11.1. The SMILES string of the molecule is COCCN1CCC12CCCN(C(=O)COc1ccc3ccccc3c1)C2.O=C(O)C(F)(F)F. The highest BCUT2D eigenvalue weighted by atomic mass is 19.4. The van der Waals surface area contributed by atoms with Crippen molar-refractivity contribution in [3.05, 3.63) is 42.5 Å². The summed E-state index contributed by atoms with van der Waals surface area (Å²) >= 11 is 0. The van der Waals surface area contributed by atoms with Crippen molar-refractivity contribution in [2.45, 2.75) is 31.0 Å². The van der Waals surface area contributed by atoms with Gasteiger partial charge in [0.15, 0.2) is 6.61 Å². The van der Waals surface area contributed by atoms with Gasteiger partial charge in [0.25, 0.3) is 5.91 Å². The minimum Gasteiger partial charge on any atom is -0.484 e. The maximum Gasteiger partial charge on any atom is 0.490 e. The second-order valence-electron chi connectivity index (χ2n) is 8.47. The van der Waals surface area contributed by atoms with E-state index in [1.54, 1.807) is 7.11 Å². The summed E-state index contributed by atoms with van der Waals surface area (Å²) in [6.45, 7) is 4.56. The van der Waals surface area contributed by atoms with E-state index in [2.05, 4.69) is 17.0 Å². The standard InChI is InChI=1S/C22H28N2O3.C2HF3O2/c1-26-14-13-24-12-10-22(24)9-4-11-23(17-22)21(25)16-27-20-8-7-18-5-2-3-6-19(18)15-20;3-2(4,5)1(6)7/h2-3,5-8,15H,4,9-14,16-17H2,1H3;(H,6,7). The molecule has 2 aliphatic rings. The highest BCUT2D eigenvalue weighted by molar-refractivity contribution is 5.84. The van der Waals surface area contributed by atoms with E-state index in [9.17, 15) is 18.0 Å². The molecule has 2 aliphatic heterocycles. The zero-order chi connectivity index (χ0) is 24.8. The minimum absolute atomic E-state index is 0.0841. The van der Waals surface area contributed by atoms with Crippen molar-refractivity contribution in [3.8, 4) is 5.75 Å². The second-order valence-corrected chi connectivity index (χ2v) is 8.47. The molecule has 0 saturated carbocycles. The summed E-state index contributed by atoms with van der Waals surface area (Å²) in [5.41, 5.74) is 0.162. The highest BCUT2D eigenvalue weighted by Gasteiger charge is 2.47. The van der Waals surface area contributed by atoms with Gasteiger partial charge in [-0.15, -0.1) is 0 Å². The third kappa shape index (κ3) is 6.38. The van der Waals surface area contributed by atoms with Crippen LogP contribution in [0.3, 0.4) is 0 Å². The van der Waals surface area contributed by atoms with Crippen molar-refractivity contribution >= 4 is 22.6 Å². The van der Waals surface area contributed by atoms with E-state index in [0.29, 0.717) is 0 Å². The molecule has 7 nitrogen and oxygen atoms in total. The van der Waals surface area contributed by atoms with E-state index in [4.69, 9.17) is 19.4 Å². The molecule has 34 heavy (non-hydrogen) atoms. The van der Waals surface area contributed by atoms with Gasteiger partial charge < -0.3 is 19.5 Å². The molecule has 0 aliphatic carbocycles. The number of nitrogens with zero attached hydrogens (tertiary/aromatic N) is 2. The number of ether oxygens (including phenoxy) is 2. The Kier molecular flexibility index (Phi) is 8.37. The molecule has 1 unspecified atom stereocenters. The first-order chi connectivity index (χ1) is 16.1. The Morgan fingerprint density at radius 3 is 2.41 bits per heavy atom. The molecule has 0 aromatic heterocycles. The van der Waals surface area contributed by atoms with Crippen LogP contribution in [-0.2, 0) is 14.3 Å². The number of carbonyl (C=O) groups excluding carboxylic acids is 1. The summed E-state index contributed by atoms with van der Waals surface area (Å²) in [6.07, 6.45) is -1.68. The van der Waals surface area contributed by atoms with Gasteiger partial charge in [-0.25, -0.2) is 4.79 Å². The summed E-state index contributed by atoms with van der Waals surface area (Å²) in [6, 6.07) is 14.1.